The molecule has 1 heterocycles. The molecule has 0 aliphatic carbocycles. The predicted octanol–water partition coefficient (Wildman–Crippen LogP) is 2.83. The van der Waals surface area contributed by atoms with Crippen molar-refractivity contribution in [3.05, 3.63) is 53.6 Å². The second-order valence-corrected chi connectivity index (χ2v) is 9.14. The van der Waals surface area contributed by atoms with Crippen LogP contribution in [0, 0.1) is 13.8 Å². The van der Waals surface area contributed by atoms with Gasteiger partial charge in [0.05, 0.1) is 11.9 Å². The molecule has 1 aliphatic heterocycles. The van der Waals surface area contributed by atoms with Crippen molar-refractivity contribution in [3.8, 4) is 0 Å². The lowest BCUT2D eigenvalue weighted by Crippen LogP contribution is -2.38. The Balaban J connectivity index is 1.74. The largest absolute Gasteiger partial charge is 0.325 e. The molecule has 2 aromatic rings. The van der Waals surface area contributed by atoms with E-state index < -0.39 is 15.9 Å². The summed E-state index contributed by atoms with van der Waals surface area (Å²) < 4.78 is 25.7. The minimum Gasteiger partial charge on any atom is -0.325 e. The van der Waals surface area contributed by atoms with E-state index in [9.17, 15) is 18.0 Å². The monoisotopic (exact) mass is 415 g/mol. The smallest absolute Gasteiger partial charge is 0.245 e. The van der Waals surface area contributed by atoms with Crippen molar-refractivity contribution >= 4 is 38.9 Å². The molecular weight excluding hydrogens is 390 g/mol. The third kappa shape index (κ3) is 4.76. The Labute approximate surface area is 171 Å². The molecule has 8 heteroatoms. The summed E-state index contributed by atoms with van der Waals surface area (Å²) in [7, 11) is -3.64. The molecule has 1 aliphatic rings. The van der Waals surface area contributed by atoms with E-state index in [-0.39, 0.29) is 12.5 Å². The Morgan fingerprint density at radius 2 is 1.83 bits per heavy atom. The molecule has 0 radical (unpaired) electrons. The Hall–Kier alpha value is -2.87. The number of sulfonamides is 1. The fourth-order valence-corrected chi connectivity index (χ4v) is 4.27. The molecule has 0 aromatic heterocycles. The predicted molar refractivity (Wildman–Crippen MR) is 115 cm³/mol. The van der Waals surface area contributed by atoms with Crippen LogP contribution in [-0.4, -0.2) is 39.6 Å². The highest BCUT2D eigenvalue weighted by Crippen LogP contribution is 2.26. The van der Waals surface area contributed by atoms with Crippen molar-refractivity contribution < 1.29 is 18.0 Å². The fraction of sp³-hybridized carbons (Fsp3) is 0.333. The van der Waals surface area contributed by atoms with Gasteiger partial charge in [-0.05, 0) is 61.7 Å². The van der Waals surface area contributed by atoms with Gasteiger partial charge in [-0.25, -0.2) is 8.42 Å². The molecule has 7 nitrogen and oxygen atoms in total. The highest BCUT2D eigenvalue weighted by molar-refractivity contribution is 7.92. The van der Waals surface area contributed by atoms with Crippen LogP contribution in [-0.2, 0) is 19.6 Å². The molecule has 2 amide bonds. The zero-order valence-corrected chi connectivity index (χ0v) is 17.6. The molecule has 2 aromatic carbocycles. The molecule has 154 valence electrons. The third-order valence-corrected chi connectivity index (χ3v) is 6.19. The van der Waals surface area contributed by atoms with Gasteiger partial charge in [0.1, 0.15) is 6.54 Å². The Bertz CT molecular complexity index is 1030. The molecule has 29 heavy (non-hydrogen) atoms. The van der Waals surface area contributed by atoms with E-state index in [1.807, 2.05) is 19.9 Å². The number of nitrogens with one attached hydrogen (secondary N) is 1. The molecule has 3 rings (SSSR count). The van der Waals surface area contributed by atoms with Gasteiger partial charge < -0.3 is 10.2 Å². The zero-order valence-electron chi connectivity index (χ0n) is 16.8. The molecule has 0 atom stereocenters. The summed E-state index contributed by atoms with van der Waals surface area (Å²) in [6.45, 7) is 4.10. The lowest BCUT2D eigenvalue weighted by atomic mass is 10.1. The SMILES string of the molecule is Cc1cccc(N(CC(=O)Nc2ccc(N3CCCC3=O)cc2)S(C)(=O)=O)c1C. The first kappa shape index (κ1) is 20.9. The minimum absolute atomic E-state index is 0.0964. The van der Waals surface area contributed by atoms with E-state index in [4.69, 9.17) is 0 Å². The van der Waals surface area contributed by atoms with Crippen molar-refractivity contribution in [3.63, 3.8) is 0 Å². The summed E-state index contributed by atoms with van der Waals surface area (Å²) in [6.07, 6.45) is 2.49. The van der Waals surface area contributed by atoms with Gasteiger partial charge >= 0.3 is 0 Å². The number of aryl methyl sites for hydroxylation is 1. The summed E-state index contributed by atoms with van der Waals surface area (Å²) in [6, 6.07) is 12.3. The number of amides is 2. The van der Waals surface area contributed by atoms with Gasteiger partial charge in [0, 0.05) is 24.3 Å². The van der Waals surface area contributed by atoms with Gasteiger partial charge in [0.25, 0.3) is 0 Å². The van der Waals surface area contributed by atoms with E-state index >= 15 is 0 Å². The highest BCUT2D eigenvalue weighted by Gasteiger charge is 2.24. The number of hydrogen-bond donors (Lipinski definition) is 1. The van der Waals surface area contributed by atoms with Crippen LogP contribution in [0.25, 0.3) is 0 Å². The van der Waals surface area contributed by atoms with Crippen molar-refractivity contribution in [2.45, 2.75) is 26.7 Å². The molecule has 0 bridgehead atoms. The number of nitrogens with zero attached hydrogens (tertiary/aromatic N) is 2. The van der Waals surface area contributed by atoms with E-state index in [1.165, 1.54) is 0 Å². The highest BCUT2D eigenvalue weighted by atomic mass is 32.2. The van der Waals surface area contributed by atoms with Gasteiger partial charge in [-0.15, -0.1) is 0 Å². The number of hydrogen-bond acceptors (Lipinski definition) is 4. The van der Waals surface area contributed by atoms with Crippen LogP contribution in [0.4, 0.5) is 17.1 Å². The van der Waals surface area contributed by atoms with Crippen LogP contribution in [0.2, 0.25) is 0 Å². The topological polar surface area (TPSA) is 86.8 Å². The third-order valence-electron chi connectivity index (χ3n) is 5.07. The summed E-state index contributed by atoms with van der Waals surface area (Å²) in [5.41, 5.74) is 3.58. The summed E-state index contributed by atoms with van der Waals surface area (Å²) in [5.74, 6) is -0.347. The zero-order chi connectivity index (χ0) is 21.2. The quantitative estimate of drug-likeness (QED) is 0.786. The normalized spacial score (nSPS) is 14.2. The number of anilines is 3. The van der Waals surface area contributed by atoms with Crippen molar-refractivity contribution in [1.82, 2.24) is 0 Å². The van der Waals surface area contributed by atoms with Crippen molar-refractivity contribution in [1.29, 1.82) is 0 Å². The van der Waals surface area contributed by atoms with Crippen LogP contribution in [0.3, 0.4) is 0 Å². The molecule has 1 N–H and O–H groups in total. The van der Waals surface area contributed by atoms with Crippen molar-refractivity contribution in [2.24, 2.45) is 0 Å². The number of rotatable bonds is 6. The second kappa shape index (κ2) is 8.24. The van der Waals surface area contributed by atoms with Crippen LogP contribution in [0.15, 0.2) is 42.5 Å². The maximum atomic E-state index is 12.6. The second-order valence-electron chi connectivity index (χ2n) is 7.23. The summed E-state index contributed by atoms with van der Waals surface area (Å²) >= 11 is 0. The van der Waals surface area contributed by atoms with Gasteiger partial charge in [0.15, 0.2) is 0 Å². The van der Waals surface area contributed by atoms with Crippen LogP contribution < -0.4 is 14.5 Å². The fourth-order valence-electron chi connectivity index (χ4n) is 3.36. The number of benzene rings is 2. The van der Waals surface area contributed by atoms with E-state index in [1.54, 1.807) is 41.3 Å². The maximum Gasteiger partial charge on any atom is 0.245 e. The molecule has 0 spiro atoms. The van der Waals surface area contributed by atoms with Gasteiger partial charge in [-0.1, -0.05) is 12.1 Å². The van der Waals surface area contributed by atoms with E-state index in [0.29, 0.717) is 24.3 Å². The first-order chi connectivity index (χ1) is 13.7. The van der Waals surface area contributed by atoms with Crippen LogP contribution in [0.5, 0.6) is 0 Å². The summed E-state index contributed by atoms with van der Waals surface area (Å²) in [5, 5.41) is 2.73. The minimum atomic E-state index is -3.64. The molecule has 1 saturated heterocycles. The molecule has 1 fully saturated rings. The van der Waals surface area contributed by atoms with Crippen molar-refractivity contribution in [2.75, 3.05) is 33.9 Å². The molecule has 0 unspecified atom stereocenters. The Morgan fingerprint density at radius 3 is 2.41 bits per heavy atom. The van der Waals surface area contributed by atoms with Gasteiger partial charge in [0.2, 0.25) is 21.8 Å². The van der Waals surface area contributed by atoms with Crippen LogP contribution >= 0.6 is 0 Å². The van der Waals surface area contributed by atoms with E-state index in [2.05, 4.69) is 5.32 Å². The maximum absolute atomic E-state index is 12.6. The van der Waals surface area contributed by atoms with Gasteiger partial charge in [-0.2, -0.15) is 0 Å². The summed E-state index contributed by atoms with van der Waals surface area (Å²) in [4.78, 5) is 26.1. The van der Waals surface area contributed by atoms with E-state index in [0.717, 1.165) is 33.8 Å². The Morgan fingerprint density at radius 1 is 1.14 bits per heavy atom. The van der Waals surface area contributed by atoms with Crippen LogP contribution in [0.1, 0.15) is 24.0 Å². The van der Waals surface area contributed by atoms with Gasteiger partial charge in [-0.3, -0.25) is 13.9 Å². The average Bonchev–Trinajstić information content (AvgIpc) is 3.08. The Kier molecular flexibility index (Phi) is 5.93. The molecular formula is C21H25N3O4S. The first-order valence-corrected chi connectivity index (χ1v) is 11.3. The lowest BCUT2D eigenvalue weighted by Gasteiger charge is -2.24. The number of carbonyl (C=O) groups excluding carboxylic acids is 2. The average molecular weight is 416 g/mol. The lowest BCUT2D eigenvalue weighted by molar-refractivity contribution is -0.117. The molecule has 0 saturated carbocycles. The first-order valence-electron chi connectivity index (χ1n) is 9.41. The standard InChI is InChI=1S/C21H25N3O4S/c1-15-6-4-7-19(16(15)2)24(29(3,27)28)14-20(25)22-17-9-11-18(12-10-17)23-13-5-8-21(23)26/h4,6-7,9-12H,5,8,13-14H2,1-3H3,(H,22,25). The number of carbonyl (C=O) groups is 2.